The maximum absolute atomic E-state index is 11.0. The van der Waals surface area contributed by atoms with Crippen LogP contribution in [-0.2, 0) is 16.3 Å². The average molecular weight is 313 g/mol. The molecule has 0 bridgehead atoms. The molecule has 118 valence electrons. The van der Waals surface area contributed by atoms with E-state index >= 15 is 0 Å². The van der Waals surface area contributed by atoms with Crippen LogP contribution in [0.1, 0.15) is 19.4 Å². The molecule has 1 N–H and O–H groups in total. The minimum absolute atomic E-state index is 0.144. The van der Waals surface area contributed by atoms with E-state index in [2.05, 4.69) is 25.2 Å². The van der Waals surface area contributed by atoms with Crippen LogP contribution in [-0.4, -0.2) is 45.7 Å². The zero-order valence-electron chi connectivity index (χ0n) is 12.8. The Kier molecular flexibility index (Phi) is 4.78. The van der Waals surface area contributed by atoms with E-state index < -0.39 is 9.84 Å². The Morgan fingerprint density at radius 1 is 1.33 bits per heavy atom. The predicted molar refractivity (Wildman–Crippen MR) is 82.9 cm³/mol. The van der Waals surface area contributed by atoms with Crippen LogP contribution in [0.2, 0.25) is 0 Å². The molecular formula is C15H23NO4S. The lowest BCUT2D eigenvalue weighted by Crippen LogP contribution is -2.27. The van der Waals surface area contributed by atoms with Crippen LogP contribution in [0, 0.1) is 0 Å². The molecule has 1 aromatic carbocycles. The molecule has 6 heteroatoms. The minimum Gasteiger partial charge on any atom is -0.488 e. The first-order chi connectivity index (χ1) is 9.77. The van der Waals surface area contributed by atoms with Crippen LogP contribution in [0.25, 0.3) is 0 Å². The van der Waals surface area contributed by atoms with Gasteiger partial charge < -0.3 is 14.8 Å². The fourth-order valence-corrected chi connectivity index (χ4v) is 2.83. The molecule has 0 fully saturated rings. The number of benzene rings is 1. The van der Waals surface area contributed by atoms with E-state index in [1.807, 2.05) is 12.1 Å². The normalized spacial score (nSPS) is 16.3. The van der Waals surface area contributed by atoms with Crippen molar-refractivity contribution in [2.75, 3.05) is 31.7 Å². The van der Waals surface area contributed by atoms with Crippen molar-refractivity contribution in [1.29, 1.82) is 0 Å². The molecule has 1 aliphatic heterocycles. The van der Waals surface area contributed by atoms with E-state index in [-0.39, 0.29) is 11.4 Å². The molecule has 0 radical (unpaired) electrons. The Morgan fingerprint density at radius 2 is 2.10 bits per heavy atom. The highest BCUT2D eigenvalue weighted by Gasteiger charge is 2.32. The summed E-state index contributed by atoms with van der Waals surface area (Å²) >= 11 is 0. The molecule has 1 aliphatic rings. The number of hydrogen-bond acceptors (Lipinski definition) is 5. The predicted octanol–water partition coefficient (Wildman–Crippen LogP) is 1.41. The molecule has 0 saturated carbocycles. The van der Waals surface area contributed by atoms with Crippen molar-refractivity contribution < 1.29 is 17.9 Å². The van der Waals surface area contributed by atoms with Gasteiger partial charge in [0.05, 0.1) is 5.75 Å². The molecule has 0 spiro atoms. The maximum atomic E-state index is 11.0. The van der Waals surface area contributed by atoms with Gasteiger partial charge in [0.2, 0.25) is 0 Å². The summed E-state index contributed by atoms with van der Waals surface area (Å²) in [5, 5.41) is 3.05. The van der Waals surface area contributed by atoms with E-state index in [1.54, 1.807) is 0 Å². The summed E-state index contributed by atoms with van der Waals surface area (Å²) in [5.41, 5.74) is 0.984. The third-order valence-corrected chi connectivity index (χ3v) is 4.19. The standard InChI is InChI=1S/C15H23NO4S/c1-15(2)11-12-5-4-6-13(14(12)20-15)19-9-7-16-8-10-21(3,17)18/h4-6,16H,7-11H2,1-3H3. The van der Waals surface area contributed by atoms with Gasteiger partial charge >= 0.3 is 0 Å². The zero-order valence-corrected chi connectivity index (χ0v) is 13.6. The van der Waals surface area contributed by atoms with Crippen molar-refractivity contribution in [3.63, 3.8) is 0 Å². The number of para-hydroxylation sites is 1. The lowest BCUT2D eigenvalue weighted by Gasteiger charge is -2.18. The van der Waals surface area contributed by atoms with Gasteiger partial charge in [0.15, 0.2) is 11.5 Å². The summed E-state index contributed by atoms with van der Waals surface area (Å²) in [7, 11) is -2.91. The molecule has 0 aliphatic carbocycles. The van der Waals surface area contributed by atoms with Crippen LogP contribution < -0.4 is 14.8 Å². The third-order valence-electron chi connectivity index (χ3n) is 3.24. The van der Waals surface area contributed by atoms with Gasteiger partial charge in [0.1, 0.15) is 22.0 Å². The van der Waals surface area contributed by atoms with E-state index in [9.17, 15) is 8.42 Å². The molecule has 0 atom stereocenters. The van der Waals surface area contributed by atoms with Crippen LogP contribution in [0.5, 0.6) is 11.5 Å². The molecule has 1 heterocycles. The zero-order chi connectivity index (χ0) is 15.5. The van der Waals surface area contributed by atoms with E-state index in [1.165, 1.54) is 11.8 Å². The van der Waals surface area contributed by atoms with Gasteiger partial charge in [-0.25, -0.2) is 8.42 Å². The van der Waals surface area contributed by atoms with Gasteiger partial charge in [-0.1, -0.05) is 12.1 Å². The molecule has 0 saturated heterocycles. The van der Waals surface area contributed by atoms with Gasteiger partial charge in [-0.05, 0) is 19.9 Å². The number of nitrogens with one attached hydrogen (secondary N) is 1. The molecule has 2 rings (SSSR count). The van der Waals surface area contributed by atoms with Crippen molar-refractivity contribution in [3.05, 3.63) is 23.8 Å². The lowest BCUT2D eigenvalue weighted by molar-refractivity contribution is 0.132. The Bertz CT molecular complexity index is 596. The first-order valence-corrected chi connectivity index (χ1v) is 9.15. The van der Waals surface area contributed by atoms with Gasteiger partial charge in [0.25, 0.3) is 0 Å². The number of rotatable bonds is 7. The molecule has 1 aromatic rings. The van der Waals surface area contributed by atoms with Crippen molar-refractivity contribution in [2.45, 2.75) is 25.9 Å². The highest BCUT2D eigenvalue weighted by atomic mass is 32.2. The van der Waals surface area contributed by atoms with Crippen LogP contribution in [0.4, 0.5) is 0 Å². The average Bonchev–Trinajstić information content (AvgIpc) is 2.67. The highest BCUT2D eigenvalue weighted by Crippen LogP contribution is 2.41. The van der Waals surface area contributed by atoms with Crippen molar-refractivity contribution in [1.82, 2.24) is 5.32 Å². The summed E-state index contributed by atoms with van der Waals surface area (Å²) in [5.74, 6) is 1.73. The molecular weight excluding hydrogens is 290 g/mol. The number of fused-ring (bicyclic) bond motifs is 1. The van der Waals surface area contributed by atoms with Gasteiger partial charge in [0, 0.05) is 31.3 Å². The molecule has 0 amide bonds. The monoisotopic (exact) mass is 313 g/mol. The van der Waals surface area contributed by atoms with E-state index in [0.29, 0.717) is 19.7 Å². The van der Waals surface area contributed by atoms with Crippen LogP contribution in [0.15, 0.2) is 18.2 Å². The van der Waals surface area contributed by atoms with Crippen LogP contribution >= 0.6 is 0 Å². The molecule has 0 aromatic heterocycles. The fraction of sp³-hybridized carbons (Fsp3) is 0.600. The van der Waals surface area contributed by atoms with Crippen molar-refractivity contribution in [2.24, 2.45) is 0 Å². The SMILES string of the molecule is CC1(C)Cc2cccc(OCCNCCS(C)(=O)=O)c2O1. The minimum atomic E-state index is -2.91. The Morgan fingerprint density at radius 3 is 2.81 bits per heavy atom. The first-order valence-electron chi connectivity index (χ1n) is 7.09. The Hall–Kier alpha value is -1.27. The van der Waals surface area contributed by atoms with Crippen molar-refractivity contribution >= 4 is 9.84 Å². The number of hydrogen-bond donors (Lipinski definition) is 1. The summed E-state index contributed by atoms with van der Waals surface area (Å²) in [6.07, 6.45) is 2.11. The summed E-state index contributed by atoms with van der Waals surface area (Å²) in [6, 6.07) is 5.92. The Balaban J connectivity index is 1.79. The first kappa shape index (κ1) is 16.1. The molecule has 5 nitrogen and oxygen atoms in total. The molecule has 21 heavy (non-hydrogen) atoms. The lowest BCUT2D eigenvalue weighted by atomic mass is 10.0. The second-order valence-electron chi connectivity index (χ2n) is 6.01. The largest absolute Gasteiger partial charge is 0.488 e. The maximum Gasteiger partial charge on any atom is 0.165 e. The van der Waals surface area contributed by atoms with E-state index in [0.717, 1.165) is 17.9 Å². The van der Waals surface area contributed by atoms with E-state index in [4.69, 9.17) is 9.47 Å². The summed E-state index contributed by atoms with van der Waals surface area (Å²) in [4.78, 5) is 0. The summed E-state index contributed by atoms with van der Waals surface area (Å²) in [6.45, 7) is 5.64. The second-order valence-corrected chi connectivity index (χ2v) is 8.27. The second kappa shape index (κ2) is 6.23. The van der Waals surface area contributed by atoms with Gasteiger partial charge in [-0.3, -0.25) is 0 Å². The quantitative estimate of drug-likeness (QED) is 0.771. The number of ether oxygens (including phenoxy) is 2. The highest BCUT2D eigenvalue weighted by molar-refractivity contribution is 7.90. The fourth-order valence-electron chi connectivity index (χ4n) is 2.32. The number of sulfone groups is 1. The van der Waals surface area contributed by atoms with Gasteiger partial charge in [-0.15, -0.1) is 0 Å². The Labute approximate surface area is 126 Å². The van der Waals surface area contributed by atoms with Crippen molar-refractivity contribution in [3.8, 4) is 11.5 Å². The van der Waals surface area contributed by atoms with Crippen LogP contribution in [0.3, 0.4) is 0 Å². The smallest absolute Gasteiger partial charge is 0.165 e. The molecule has 0 unspecified atom stereocenters. The third kappa shape index (κ3) is 4.89. The van der Waals surface area contributed by atoms with Gasteiger partial charge in [-0.2, -0.15) is 0 Å². The topological polar surface area (TPSA) is 64.6 Å². The summed E-state index contributed by atoms with van der Waals surface area (Å²) < 4.78 is 33.6.